The van der Waals surface area contributed by atoms with Gasteiger partial charge < -0.3 is 5.11 Å². The molecule has 2 aromatic rings. The van der Waals surface area contributed by atoms with Crippen LogP contribution in [0.25, 0.3) is 11.1 Å². The largest absolute Gasteiger partial charge is 0.384 e. The minimum atomic E-state index is -0.454. The van der Waals surface area contributed by atoms with Crippen molar-refractivity contribution >= 4 is 0 Å². The average molecular weight is 210 g/mol. The van der Waals surface area contributed by atoms with Gasteiger partial charge in [0.25, 0.3) is 0 Å². The first-order valence-corrected chi connectivity index (χ1v) is 5.57. The Morgan fingerprint density at radius 2 is 1.25 bits per heavy atom. The zero-order valence-corrected chi connectivity index (χ0v) is 9.49. The van der Waals surface area contributed by atoms with Crippen LogP contribution in [0.4, 0.5) is 0 Å². The summed E-state index contributed by atoms with van der Waals surface area (Å²) in [5, 5.41) is 10.3. The fourth-order valence-corrected chi connectivity index (χ4v) is 2.69. The molecule has 1 N–H and O–H groups in total. The molecule has 0 amide bonds. The van der Waals surface area contributed by atoms with Gasteiger partial charge in [0.1, 0.15) is 6.10 Å². The molecule has 1 aliphatic carbocycles. The van der Waals surface area contributed by atoms with E-state index in [-0.39, 0.29) is 0 Å². The molecule has 0 bridgehead atoms. The Kier molecular flexibility index (Phi) is 1.92. The maximum Gasteiger partial charge on any atom is 0.105 e. The second-order valence-corrected chi connectivity index (χ2v) is 4.48. The number of aryl methyl sites for hydroxylation is 2. The van der Waals surface area contributed by atoms with Gasteiger partial charge in [-0.3, -0.25) is 0 Å². The van der Waals surface area contributed by atoms with E-state index in [1.807, 2.05) is 24.3 Å². The minimum absolute atomic E-state index is 0.454. The van der Waals surface area contributed by atoms with Crippen LogP contribution in [-0.2, 0) is 0 Å². The highest BCUT2D eigenvalue weighted by Gasteiger charge is 2.28. The molecule has 1 heteroatoms. The molecular weight excluding hydrogens is 196 g/mol. The predicted octanol–water partition coefficient (Wildman–Crippen LogP) is 3.37. The molecular formula is C15H14O. The summed E-state index contributed by atoms with van der Waals surface area (Å²) >= 11 is 0. The van der Waals surface area contributed by atoms with E-state index >= 15 is 0 Å². The molecule has 1 aliphatic rings. The molecule has 0 aliphatic heterocycles. The Morgan fingerprint density at radius 3 is 1.69 bits per heavy atom. The van der Waals surface area contributed by atoms with E-state index in [0.29, 0.717) is 0 Å². The van der Waals surface area contributed by atoms with Gasteiger partial charge in [-0.2, -0.15) is 0 Å². The van der Waals surface area contributed by atoms with Gasteiger partial charge in [-0.25, -0.2) is 0 Å². The summed E-state index contributed by atoms with van der Waals surface area (Å²) in [7, 11) is 0. The van der Waals surface area contributed by atoms with Crippen molar-refractivity contribution in [3.63, 3.8) is 0 Å². The lowest BCUT2D eigenvalue weighted by molar-refractivity contribution is 0.225. The number of fused-ring (bicyclic) bond motifs is 3. The van der Waals surface area contributed by atoms with Gasteiger partial charge in [0.05, 0.1) is 0 Å². The minimum Gasteiger partial charge on any atom is -0.384 e. The Labute approximate surface area is 95.4 Å². The van der Waals surface area contributed by atoms with Crippen LogP contribution in [0, 0.1) is 13.8 Å². The molecule has 3 rings (SSSR count). The lowest BCUT2D eigenvalue weighted by atomic mass is 9.97. The Balaban J connectivity index is 2.43. The summed E-state index contributed by atoms with van der Waals surface area (Å²) in [6.07, 6.45) is -0.454. The fourth-order valence-electron chi connectivity index (χ4n) is 2.69. The number of aliphatic hydroxyl groups is 1. The maximum atomic E-state index is 10.3. The van der Waals surface area contributed by atoms with Crippen LogP contribution in [0.5, 0.6) is 0 Å². The summed E-state index contributed by atoms with van der Waals surface area (Å²) in [6.45, 7) is 4.21. The molecule has 0 radical (unpaired) electrons. The first-order chi connectivity index (χ1) is 7.70. The number of aliphatic hydroxyl groups excluding tert-OH is 1. The molecule has 0 heterocycles. The highest BCUT2D eigenvalue weighted by Crippen LogP contribution is 2.46. The van der Waals surface area contributed by atoms with E-state index in [0.717, 1.165) is 11.1 Å². The van der Waals surface area contributed by atoms with Gasteiger partial charge in [-0.1, -0.05) is 36.4 Å². The molecule has 0 fully saturated rings. The monoisotopic (exact) mass is 210 g/mol. The zero-order chi connectivity index (χ0) is 11.3. The SMILES string of the molecule is Cc1cccc2c1-c1c(C)cccc1C2O. The van der Waals surface area contributed by atoms with Gasteiger partial charge >= 0.3 is 0 Å². The lowest BCUT2D eigenvalue weighted by Crippen LogP contribution is -1.93. The van der Waals surface area contributed by atoms with Crippen molar-refractivity contribution in [1.82, 2.24) is 0 Å². The third-order valence-corrected chi connectivity index (χ3v) is 3.45. The molecule has 2 aromatic carbocycles. The van der Waals surface area contributed by atoms with Crippen LogP contribution in [0.1, 0.15) is 28.4 Å². The highest BCUT2D eigenvalue weighted by molar-refractivity contribution is 5.82. The summed E-state index contributed by atoms with van der Waals surface area (Å²) in [5.41, 5.74) is 7.02. The van der Waals surface area contributed by atoms with Crippen LogP contribution in [0.15, 0.2) is 36.4 Å². The van der Waals surface area contributed by atoms with Crippen molar-refractivity contribution in [2.24, 2.45) is 0 Å². The molecule has 0 unspecified atom stereocenters. The van der Waals surface area contributed by atoms with E-state index in [1.54, 1.807) is 0 Å². The number of rotatable bonds is 0. The molecule has 0 spiro atoms. The lowest BCUT2D eigenvalue weighted by Gasteiger charge is -2.07. The molecule has 0 saturated carbocycles. The van der Waals surface area contributed by atoms with Gasteiger partial charge in [-0.05, 0) is 47.2 Å². The van der Waals surface area contributed by atoms with E-state index in [4.69, 9.17) is 0 Å². The third kappa shape index (κ3) is 1.09. The fraction of sp³-hybridized carbons (Fsp3) is 0.200. The van der Waals surface area contributed by atoms with Crippen LogP contribution in [0.3, 0.4) is 0 Å². The summed E-state index contributed by atoms with van der Waals surface area (Å²) < 4.78 is 0. The van der Waals surface area contributed by atoms with Gasteiger partial charge in [-0.15, -0.1) is 0 Å². The van der Waals surface area contributed by atoms with Crippen LogP contribution in [-0.4, -0.2) is 5.11 Å². The zero-order valence-electron chi connectivity index (χ0n) is 9.49. The molecule has 1 nitrogen and oxygen atoms in total. The third-order valence-electron chi connectivity index (χ3n) is 3.45. The Bertz CT molecular complexity index is 518. The van der Waals surface area contributed by atoms with Crippen molar-refractivity contribution in [3.8, 4) is 11.1 Å². The van der Waals surface area contributed by atoms with Crippen molar-refractivity contribution < 1.29 is 5.11 Å². The van der Waals surface area contributed by atoms with Crippen molar-refractivity contribution in [2.45, 2.75) is 20.0 Å². The topological polar surface area (TPSA) is 20.2 Å². The van der Waals surface area contributed by atoms with E-state index < -0.39 is 6.10 Å². The quantitative estimate of drug-likeness (QED) is 0.706. The summed E-state index contributed by atoms with van der Waals surface area (Å²) in [6, 6.07) is 12.3. The summed E-state index contributed by atoms with van der Waals surface area (Å²) in [4.78, 5) is 0. The number of benzene rings is 2. The molecule has 0 aromatic heterocycles. The van der Waals surface area contributed by atoms with Crippen molar-refractivity contribution in [3.05, 3.63) is 58.7 Å². The first kappa shape index (κ1) is 9.61. The second-order valence-electron chi connectivity index (χ2n) is 4.48. The van der Waals surface area contributed by atoms with Gasteiger partial charge in [0, 0.05) is 0 Å². The maximum absolute atomic E-state index is 10.3. The van der Waals surface area contributed by atoms with Crippen molar-refractivity contribution in [2.75, 3.05) is 0 Å². The second kappa shape index (κ2) is 3.19. The molecule has 0 saturated heterocycles. The average Bonchev–Trinajstić information content (AvgIpc) is 2.56. The van der Waals surface area contributed by atoms with E-state index in [2.05, 4.69) is 26.0 Å². The van der Waals surface area contributed by atoms with Gasteiger partial charge in [0.2, 0.25) is 0 Å². The molecule has 16 heavy (non-hydrogen) atoms. The van der Waals surface area contributed by atoms with Crippen molar-refractivity contribution in [1.29, 1.82) is 0 Å². The molecule has 80 valence electrons. The van der Waals surface area contributed by atoms with Crippen LogP contribution in [0.2, 0.25) is 0 Å². The summed E-state index contributed by atoms with van der Waals surface area (Å²) in [5.74, 6) is 0. The van der Waals surface area contributed by atoms with Crippen LogP contribution < -0.4 is 0 Å². The van der Waals surface area contributed by atoms with E-state index in [1.165, 1.54) is 22.3 Å². The normalized spacial score (nSPS) is 13.7. The highest BCUT2D eigenvalue weighted by atomic mass is 16.3. The Morgan fingerprint density at radius 1 is 0.812 bits per heavy atom. The predicted molar refractivity (Wildman–Crippen MR) is 65.4 cm³/mol. The number of hydrogen-bond donors (Lipinski definition) is 1. The molecule has 0 atom stereocenters. The Hall–Kier alpha value is -1.60. The van der Waals surface area contributed by atoms with Crippen LogP contribution >= 0.6 is 0 Å². The standard InChI is InChI=1S/C15H14O/c1-9-5-3-7-11-13(9)14-10(2)6-4-8-12(14)15(11)16/h3-8,15-16H,1-2H3. The first-order valence-electron chi connectivity index (χ1n) is 5.57. The van der Waals surface area contributed by atoms with E-state index in [9.17, 15) is 5.11 Å². The smallest absolute Gasteiger partial charge is 0.105 e. The number of hydrogen-bond acceptors (Lipinski definition) is 1. The van der Waals surface area contributed by atoms with Gasteiger partial charge in [0.15, 0.2) is 0 Å².